The topological polar surface area (TPSA) is 99.8 Å². The van der Waals surface area contributed by atoms with E-state index in [1.54, 1.807) is 0 Å². The SMILES string of the molecule is CC(C)(C)NC(=O)CNC(=O)c1cn[nH]n1. The van der Waals surface area contributed by atoms with E-state index in [0.29, 0.717) is 0 Å². The second kappa shape index (κ2) is 4.73. The molecule has 0 aliphatic rings. The van der Waals surface area contributed by atoms with E-state index >= 15 is 0 Å². The monoisotopic (exact) mass is 225 g/mol. The molecule has 7 nitrogen and oxygen atoms in total. The molecule has 2 amide bonds. The molecular formula is C9H15N5O2. The first-order valence-corrected chi connectivity index (χ1v) is 4.83. The number of hydrogen-bond acceptors (Lipinski definition) is 4. The highest BCUT2D eigenvalue weighted by atomic mass is 16.2. The van der Waals surface area contributed by atoms with Crippen LogP contribution in [0.25, 0.3) is 0 Å². The quantitative estimate of drug-likeness (QED) is 0.642. The summed E-state index contributed by atoms with van der Waals surface area (Å²) < 4.78 is 0. The summed E-state index contributed by atoms with van der Waals surface area (Å²) >= 11 is 0. The van der Waals surface area contributed by atoms with E-state index in [-0.39, 0.29) is 23.7 Å². The van der Waals surface area contributed by atoms with Crippen LogP contribution in [0.2, 0.25) is 0 Å². The van der Waals surface area contributed by atoms with Crippen molar-refractivity contribution < 1.29 is 9.59 Å². The zero-order valence-electron chi connectivity index (χ0n) is 9.50. The molecule has 0 saturated carbocycles. The maximum absolute atomic E-state index is 11.4. The van der Waals surface area contributed by atoms with Gasteiger partial charge in [0.25, 0.3) is 5.91 Å². The largest absolute Gasteiger partial charge is 0.350 e. The average molecular weight is 225 g/mol. The Bertz CT molecular complexity index is 366. The molecule has 3 N–H and O–H groups in total. The molecule has 0 bridgehead atoms. The highest BCUT2D eigenvalue weighted by molar-refractivity contribution is 5.94. The van der Waals surface area contributed by atoms with Gasteiger partial charge in [0.15, 0.2) is 5.69 Å². The lowest BCUT2D eigenvalue weighted by Crippen LogP contribution is -2.45. The molecule has 0 aliphatic heterocycles. The van der Waals surface area contributed by atoms with Crippen LogP contribution in [0.5, 0.6) is 0 Å². The van der Waals surface area contributed by atoms with E-state index in [0.717, 1.165) is 0 Å². The van der Waals surface area contributed by atoms with E-state index in [9.17, 15) is 9.59 Å². The zero-order valence-corrected chi connectivity index (χ0v) is 9.50. The average Bonchev–Trinajstić information content (AvgIpc) is 2.64. The predicted octanol–water partition coefficient (Wildman–Crippen LogP) is -0.551. The van der Waals surface area contributed by atoms with Gasteiger partial charge in [0, 0.05) is 5.54 Å². The minimum absolute atomic E-state index is 0.0804. The number of nitrogens with one attached hydrogen (secondary N) is 3. The van der Waals surface area contributed by atoms with E-state index in [1.807, 2.05) is 20.8 Å². The minimum atomic E-state index is -0.433. The molecule has 16 heavy (non-hydrogen) atoms. The second-order valence-corrected chi connectivity index (χ2v) is 4.34. The van der Waals surface area contributed by atoms with Gasteiger partial charge in [-0.3, -0.25) is 9.59 Å². The molecule has 0 aromatic carbocycles. The standard InChI is InChI=1S/C9H15N5O2/c1-9(2,3)12-7(15)5-10-8(16)6-4-11-14-13-6/h4H,5H2,1-3H3,(H,10,16)(H,12,15)(H,11,13,14). The molecule has 1 aromatic heterocycles. The summed E-state index contributed by atoms with van der Waals surface area (Å²) in [6, 6.07) is 0. The summed E-state index contributed by atoms with van der Waals surface area (Å²) in [5.41, 5.74) is -0.154. The van der Waals surface area contributed by atoms with Crippen LogP contribution in [-0.4, -0.2) is 39.3 Å². The van der Waals surface area contributed by atoms with Gasteiger partial charge in [-0.25, -0.2) is 0 Å². The molecule has 0 aliphatic carbocycles. The van der Waals surface area contributed by atoms with Crippen molar-refractivity contribution in [2.75, 3.05) is 6.54 Å². The maximum Gasteiger partial charge on any atom is 0.273 e. The number of nitrogens with zero attached hydrogens (tertiary/aromatic N) is 2. The fourth-order valence-electron chi connectivity index (χ4n) is 1.02. The van der Waals surface area contributed by atoms with Gasteiger partial charge in [-0.2, -0.15) is 15.4 Å². The molecule has 0 saturated heterocycles. The Hall–Kier alpha value is -1.92. The summed E-state index contributed by atoms with van der Waals surface area (Å²) in [5, 5.41) is 14.6. The molecule has 0 spiro atoms. The molecule has 7 heteroatoms. The van der Waals surface area contributed by atoms with Gasteiger partial charge in [-0.15, -0.1) is 0 Å². The summed E-state index contributed by atoms with van der Waals surface area (Å²) in [5.74, 6) is -0.679. The van der Waals surface area contributed by atoms with E-state index in [4.69, 9.17) is 0 Å². The molecule has 0 fully saturated rings. The normalized spacial score (nSPS) is 10.9. The van der Waals surface area contributed by atoms with Gasteiger partial charge in [0.05, 0.1) is 12.7 Å². The lowest BCUT2D eigenvalue weighted by Gasteiger charge is -2.20. The number of carbonyl (C=O) groups excluding carboxylic acids is 2. The van der Waals surface area contributed by atoms with Gasteiger partial charge in [0.1, 0.15) is 0 Å². The third-order valence-electron chi connectivity index (χ3n) is 1.57. The zero-order chi connectivity index (χ0) is 12.2. The Kier molecular flexibility index (Phi) is 3.60. The van der Waals surface area contributed by atoms with Crippen LogP contribution in [0, 0.1) is 0 Å². The van der Waals surface area contributed by atoms with Crippen molar-refractivity contribution >= 4 is 11.8 Å². The van der Waals surface area contributed by atoms with E-state index < -0.39 is 5.91 Å². The Labute approximate surface area is 93.0 Å². The van der Waals surface area contributed by atoms with E-state index in [1.165, 1.54) is 6.20 Å². The number of aromatic amines is 1. The first kappa shape index (κ1) is 12.2. The van der Waals surface area contributed by atoms with Crippen LogP contribution in [0.15, 0.2) is 6.20 Å². The number of carbonyl (C=O) groups is 2. The Morgan fingerprint density at radius 1 is 1.44 bits per heavy atom. The lowest BCUT2D eigenvalue weighted by molar-refractivity contribution is -0.121. The van der Waals surface area contributed by atoms with Crippen LogP contribution < -0.4 is 10.6 Å². The number of H-pyrrole nitrogens is 1. The van der Waals surface area contributed by atoms with E-state index in [2.05, 4.69) is 26.0 Å². The third kappa shape index (κ3) is 4.07. The molecule has 1 heterocycles. The Morgan fingerprint density at radius 2 is 2.12 bits per heavy atom. The Balaban J connectivity index is 2.35. The van der Waals surface area contributed by atoms with Crippen molar-refractivity contribution in [3.8, 4) is 0 Å². The fourth-order valence-corrected chi connectivity index (χ4v) is 1.02. The van der Waals surface area contributed by atoms with Crippen LogP contribution >= 0.6 is 0 Å². The molecule has 0 atom stereocenters. The summed E-state index contributed by atoms with van der Waals surface area (Å²) in [4.78, 5) is 22.7. The lowest BCUT2D eigenvalue weighted by atomic mass is 10.1. The number of amides is 2. The second-order valence-electron chi connectivity index (χ2n) is 4.34. The summed E-state index contributed by atoms with van der Waals surface area (Å²) in [7, 11) is 0. The van der Waals surface area contributed by atoms with Gasteiger partial charge in [0.2, 0.25) is 5.91 Å². The molecule has 1 rings (SSSR count). The smallest absolute Gasteiger partial charge is 0.273 e. The highest BCUT2D eigenvalue weighted by Gasteiger charge is 2.15. The first-order chi connectivity index (χ1) is 7.38. The molecule has 0 unspecified atom stereocenters. The van der Waals surface area contributed by atoms with Crippen molar-refractivity contribution in [1.82, 2.24) is 26.0 Å². The summed E-state index contributed by atoms with van der Waals surface area (Å²) in [6.45, 7) is 5.52. The van der Waals surface area contributed by atoms with Gasteiger partial charge in [-0.05, 0) is 20.8 Å². The fraction of sp³-hybridized carbons (Fsp3) is 0.556. The van der Waals surface area contributed by atoms with Crippen LogP contribution in [0.3, 0.4) is 0 Å². The van der Waals surface area contributed by atoms with Crippen molar-refractivity contribution in [3.63, 3.8) is 0 Å². The van der Waals surface area contributed by atoms with Gasteiger partial charge >= 0.3 is 0 Å². The predicted molar refractivity (Wildman–Crippen MR) is 56.6 cm³/mol. The highest BCUT2D eigenvalue weighted by Crippen LogP contribution is 1.97. The number of rotatable bonds is 3. The van der Waals surface area contributed by atoms with Crippen LogP contribution in [0.4, 0.5) is 0 Å². The molecule has 1 aromatic rings. The van der Waals surface area contributed by atoms with Crippen molar-refractivity contribution in [2.24, 2.45) is 0 Å². The maximum atomic E-state index is 11.4. The van der Waals surface area contributed by atoms with Crippen LogP contribution in [0.1, 0.15) is 31.3 Å². The molecule has 0 radical (unpaired) electrons. The molecular weight excluding hydrogens is 210 g/mol. The number of aromatic nitrogens is 3. The minimum Gasteiger partial charge on any atom is -0.350 e. The van der Waals surface area contributed by atoms with Crippen molar-refractivity contribution in [2.45, 2.75) is 26.3 Å². The summed E-state index contributed by atoms with van der Waals surface area (Å²) in [6.07, 6.45) is 1.29. The first-order valence-electron chi connectivity index (χ1n) is 4.83. The number of hydrogen-bond donors (Lipinski definition) is 3. The Morgan fingerprint density at radius 3 is 2.62 bits per heavy atom. The van der Waals surface area contributed by atoms with Crippen molar-refractivity contribution in [3.05, 3.63) is 11.9 Å². The van der Waals surface area contributed by atoms with Gasteiger partial charge < -0.3 is 10.6 Å². The van der Waals surface area contributed by atoms with Crippen molar-refractivity contribution in [1.29, 1.82) is 0 Å². The molecule has 88 valence electrons. The third-order valence-corrected chi connectivity index (χ3v) is 1.57. The van der Waals surface area contributed by atoms with Crippen LogP contribution in [-0.2, 0) is 4.79 Å². The van der Waals surface area contributed by atoms with Gasteiger partial charge in [-0.1, -0.05) is 0 Å².